The van der Waals surface area contributed by atoms with Crippen molar-refractivity contribution in [3.63, 3.8) is 0 Å². The Kier molecular flexibility index (Phi) is 3.09. The molecule has 0 unspecified atom stereocenters. The molecule has 1 heterocycles. The highest BCUT2D eigenvalue weighted by molar-refractivity contribution is 5.57. The Labute approximate surface area is 96.7 Å². The number of hydrogen-bond acceptors (Lipinski definition) is 3. The van der Waals surface area contributed by atoms with Gasteiger partial charge in [-0.2, -0.15) is 5.26 Å². The molecule has 1 aliphatic rings. The van der Waals surface area contributed by atoms with Crippen LogP contribution in [0.2, 0.25) is 0 Å². The zero-order valence-electron chi connectivity index (χ0n) is 9.85. The monoisotopic (exact) mass is 215 g/mol. The molecule has 0 saturated heterocycles. The molecule has 1 fully saturated rings. The van der Waals surface area contributed by atoms with Gasteiger partial charge in [-0.15, -0.1) is 0 Å². The topological polar surface area (TPSA) is 39.9 Å². The van der Waals surface area contributed by atoms with Gasteiger partial charge in [-0.25, -0.2) is 4.98 Å². The smallest absolute Gasteiger partial charge is 0.163 e. The minimum absolute atomic E-state index is 0.551. The molecule has 3 nitrogen and oxygen atoms in total. The van der Waals surface area contributed by atoms with E-state index in [1.165, 1.54) is 12.8 Å². The van der Waals surface area contributed by atoms with Crippen LogP contribution in [0.5, 0.6) is 0 Å². The molecule has 3 heteroatoms. The number of pyridine rings is 1. The molecule has 0 radical (unpaired) electrons. The van der Waals surface area contributed by atoms with Crippen LogP contribution in [0.1, 0.15) is 32.4 Å². The van der Waals surface area contributed by atoms with Crippen molar-refractivity contribution in [1.82, 2.24) is 4.98 Å². The van der Waals surface area contributed by atoms with Crippen LogP contribution in [-0.4, -0.2) is 17.6 Å². The van der Waals surface area contributed by atoms with Crippen molar-refractivity contribution >= 4 is 5.69 Å². The van der Waals surface area contributed by atoms with Crippen molar-refractivity contribution in [3.05, 3.63) is 24.0 Å². The molecule has 0 aromatic carbocycles. The van der Waals surface area contributed by atoms with Crippen molar-refractivity contribution in [1.29, 1.82) is 5.26 Å². The quantitative estimate of drug-likeness (QED) is 0.775. The summed E-state index contributed by atoms with van der Waals surface area (Å²) in [6.07, 6.45) is 4.17. The van der Waals surface area contributed by atoms with Crippen LogP contribution in [-0.2, 0) is 0 Å². The molecular weight excluding hydrogens is 198 g/mol. The first-order valence-electron chi connectivity index (χ1n) is 5.84. The van der Waals surface area contributed by atoms with Crippen LogP contribution in [0.15, 0.2) is 18.3 Å². The maximum atomic E-state index is 9.06. The molecule has 0 amide bonds. The van der Waals surface area contributed by atoms with Crippen molar-refractivity contribution < 1.29 is 0 Å². The Morgan fingerprint density at radius 3 is 2.88 bits per heavy atom. The molecule has 0 bridgehead atoms. The van der Waals surface area contributed by atoms with E-state index < -0.39 is 0 Å². The standard InChI is InChI=1S/C13H17N3/c1-10(2)9-16(11-5-6-11)13-4-3-7-15-12(13)8-14/h3-4,7,10-11H,5-6,9H2,1-2H3. The van der Waals surface area contributed by atoms with Crippen molar-refractivity contribution in [2.75, 3.05) is 11.4 Å². The SMILES string of the molecule is CC(C)CN(c1cccnc1C#N)C1CC1. The second-order valence-electron chi connectivity index (χ2n) is 4.76. The lowest BCUT2D eigenvalue weighted by atomic mass is 10.1. The van der Waals surface area contributed by atoms with E-state index >= 15 is 0 Å². The molecule has 84 valence electrons. The summed E-state index contributed by atoms with van der Waals surface area (Å²) >= 11 is 0. The summed E-state index contributed by atoms with van der Waals surface area (Å²) in [6, 6.07) is 6.72. The minimum atomic E-state index is 0.551. The maximum Gasteiger partial charge on any atom is 0.163 e. The van der Waals surface area contributed by atoms with Gasteiger partial charge in [-0.05, 0) is 30.9 Å². The molecule has 0 N–H and O–H groups in total. The van der Waals surface area contributed by atoms with E-state index in [2.05, 4.69) is 29.8 Å². The number of nitrogens with zero attached hydrogens (tertiary/aromatic N) is 3. The van der Waals surface area contributed by atoms with Gasteiger partial charge in [0, 0.05) is 18.8 Å². The fraction of sp³-hybridized carbons (Fsp3) is 0.538. The summed E-state index contributed by atoms with van der Waals surface area (Å²) in [5.74, 6) is 0.604. The highest BCUT2D eigenvalue weighted by atomic mass is 15.2. The van der Waals surface area contributed by atoms with Gasteiger partial charge < -0.3 is 4.90 Å². The van der Waals surface area contributed by atoms with Crippen LogP contribution in [0.4, 0.5) is 5.69 Å². The maximum absolute atomic E-state index is 9.06. The Morgan fingerprint density at radius 1 is 1.56 bits per heavy atom. The van der Waals surface area contributed by atoms with E-state index in [4.69, 9.17) is 5.26 Å². The Balaban J connectivity index is 2.27. The normalized spacial score (nSPS) is 14.9. The average molecular weight is 215 g/mol. The molecule has 1 aliphatic carbocycles. The molecular formula is C13H17N3. The molecule has 0 spiro atoms. The number of hydrogen-bond donors (Lipinski definition) is 0. The molecule has 0 atom stereocenters. The van der Waals surface area contributed by atoms with E-state index in [0.717, 1.165) is 12.2 Å². The van der Waals surface area contributed by atoms with Gasteiger partial charge in [0.15, 0.2) is 5.69 Å². The summed E-state index contributed by atoms with van der Waals surface area (Å²) in [5.41, 5.74) is 1.55. The summed E-state index contributed by atoms with van der Waals surface area (Å²) in [7, 11) is 0. The average Bonchev–Trinajstić information content (AvgIpc) is 3.09. The Bertz CT molecular complexity index is 402. The predicted molar refractivity (Wildman–Crippen MR) is 64.2 cm³/mol. The number of anilines is 1. The van der Waals surface area contributed by atoms with Gasteiger partial charge in [0.2, 0.25) is 0 Å². The lowest BCUT2D eigenvalue weighted by Crippen LogP contribution is -2.30. The van der Waals surface area contributed by atoms with E-state index in [1.807, 2.05) is 12.1 Å². The van der Waals surface area contributed by atoms with Gasteiger partial charge >= 0.3 is 0 Å². The highest BCUT2D eigenvalue weighted by Crippen LogP contribution is 2.33. The fourth-order valence-corrected chi connectivity index (χ4v) is 1.94. The van der Waals surface area contributed by atoms with E-state index in [0.29, 0.717) is 17.7 Å². The van der Waals surface area contributed by atoms with Gasteiger partial charge in [0.1, 0.15) is 6.07 Å². The summed E-state index contributed by atoms with van der Waals surface area (Å²) in [5, 5.41) is 9.06. The molecule has 16 heavy (non-hydrogen) atoms. The molecule has 1 aromatic rings. The minimum Gasteiger partial charge on any atom is -0.366 e. The lowest BCUT2D eigenvalue weighted by molar-refractivity contribution is 0.606. The Morgan fingerprint density at radius 2 is 2.31 bits per heavy atom. The summed E-state index contributed by atoms with van der Waals surface area (Å²) in [6.45, 7) is 5.42. The first-order chi connectivity index (χ1) is 7.72. The fourth-order valence-electron chi connectivity index (χ4n) is 1.94. The number of rotatable bonds is 4. The zero-order chi connectivity index (χ0) is 11.5. The van der Waals surface area contributed by atoms with Crippen LogP contribution in [0.3, 0.4) is 0 Å². The third-order valence-corrected chi connectivity index (χ3v) is 2.75. The predicted octanol–water partition coefficient (Wildman–Crippen LogP) is 2.58. The van der Waals surface area contributed by atoms with Gasteiger partial charge in [0.25, 0.3) is 0 Å². The van der Waals surface area contributed by atoms with Crippen LogP contribution >= 0.6 is 0 Å². The summed E-state index contributed by atoms with van der Waals surface area (Å²) in [4.78, 5) is 6.48. The highest BCUT2D eigenvalue weighted by Gasteiger charge is 2.30. The zero-order valence-corrected chi connectivity index (χ0v) is 9.85. The number of nitriles is 1. The van der Waals surface area contributed by atoms with E-state index in [-0.39, 0.29) is 0 Å². The van der Waals surface area contributed by atoms with Gasteiger partial charge in [0.05, 0.1) is 5.69 Å². The molecule has 1 saturated carbocycles. The molecule has 2 rings (SSSR count). The second-order valence-corrected chi connectivity index (χ2v) is 4.76. The lowest BCUT2D eigenvalue weighted by Gasteiger charge is -2.26. The number of aromatic nitrogens is 1. The van der Waals surface area contributed by atoms with Crippen LogP contribution in [0.25, 0.3) is 0 Å². The molecule has 1 aromatic heterocycles. The van der Waals surface area contributed by atoms with Crippen molar-refractivity contribution in [3.8, 4) is 6.07 Å². The molecule has 0 aliphatic heterocycles. The van der Waals surface area contributed by atoms with E-state index in [1.54, 1.807) is 6.20 Å². The van der Waals surface area contributed by atoms with Crippen molar-refractivity contribution in [2.45, 2.75) is 32.7 Å². The van der Waals surface area contributed by atoms with Crippen LogP contribution < -0.4 is 4.90 Å². The summed E-state index contributed by atoms with van der Waals surface area (Å²) < 4.78 is 0. The largest absolute Gasteiger partial charge is 0.366 e. The van der Waals surface area contributed by atoms with Crippen molar-refractivity contribution in [2.24, 2.45) is 5.92 Å². The first-order valence-corrected chi connectivity index (χ1v) is 5.84. The Hall–Kier alpha value is -1.56. The first kappa shape index (κ1) is 10.9. The third-order valence-electron chi connectivity index (χ3n) is 2.75. The van der Waals surface area contributed by atoms with Gasteiger partial charge in [-0.1, -0.05) is 13.8 Å². The van der Waals surface area contributed by atoms with Crippen LogP contribution in [0, 0.1) is 17.2 Å². The van der Waals surface area contributed by atoms with Gasteiger partial charge in [-0.3, -0.25) is 0 Å². The second kappa shape index (κ2) is 4.52. The van der Waals surface area contributed by atoms with E-state index in [9.17, 15) is 0 Å². The third kappa shape index (κ3) is 2.33.